The van der Waals surface area contributed by atoms with E-state index in [1.807, 2.05) is 0 Å². The Morgan fingerprint density at radius 2 is 1.68 bits per heavy atom. The summed E-state index contributed by atoms with van der Waals surface area (Å²) in [7, 11) is 0. The number of ether oxygens (including phenoxy) is 1. The van der Waals surface area contributed by atoms with E-state index in [1.165, 1.54) is 24.0 Å². The van der Waals surface area contributed by atoms with E-state index in [-0.39, 0.29) is 42.4 Å². The number of amides is 5. The van der Waals surface area contributed by atoms with Crippen LogP contribution in [0.15, 0.2) is 24.3 Å². The maximum absolute atomic E-state index is 13.0. The standard InChI is InChI=1S/C22H25F3N4O5/c1-13(30)27-9-6-14(7-10-27)19(31)26-15-8-11-28-18(12-15)20(32)29(21(28)33)16-2-4-17(5-3-16)34-22(23,24)25/h2-5,14-15,18H,6-12H2,1H3,(H,26,31)/t15-,18+/m1/s1. The summed E-state index contributed by atoms with van der Waals surface area (Å²) in [6, 6.07) is 2.96. The van der Waals surface area contributed by atoms with E-state index >= 15 is 0 Å². The Morgan fingerprint density at radius 3 is 2.26 bits per heavy atom. The molecule has 34 heavy (non-hydrogen) atoms. The van der Waals surface area contributed by atoms with E-state index in [9.17, 15) is 32.3 Å². The molecule has 0 aromatic heterocycles. The minimum atomic E-state index is -4.84. The summed E-state index contributed by atoms with van der Waals surface area (Å²) in [4.78, 5) is 54.1. The van der Waals surface area contributed by atoms with Crippen molar-refractivity contribution in [1.29, 1.82) is 0 Å². The minimum Gasteiger partial charge on any atom is -0.406 e. The van der Waals surface area contributed by atoms with Gasteiger partial charge in [0.2, 0.25) is 11.8 Å². The van der Waals surface area contributed by atoms with Gasteiger partial charge in [-0.2, -0.15) is 0 Å². The lowest BCUT2D eigenvalue weighted by Crippen LogP contribution is -2.51. The van der Waals surface area contributed by atoms with Gasteiger partial charge in [-0.1, -0.05) is 0 Å². The molecule has 3 heterocycles. The number of carbonyl (C=O) groups is 4. The van der Waals surface area contributed by atoms with Crippen molar-refractivity contribution in [2.24, 2.45) is 5.92 Å². The number of rotatable bonds is 4. The molecule has 0 saturated carbocycles. The van der Waals surface area contributed by atoms with Crippen LogP contribution in [0, 0.1) is 5.92 Å². The molecule has 5 amide bonds. The summed E-state index contributed by atoms with van der Waals surface area (Å²) in [5.41, 5.74) is 0.150. The zero-order valence-corrected chi connectivity index (χ0v) is 18.5. The van der Waals surface area contributed by atoms with Gasteiger partial charge in [-0.05, 0) is 49.9 Å². The molecule has 1 aromatic rings. The zero-order chi connectivity index (χ0) is 24.6. The molecule has 12 heteroatoms. The fourth-order valence-electron chi connectivity index (χ4n) is 4.74. The Morgan fingerprint density at radius 1 is 1.03 bits per heavy atom. The van der Waals surface area contributed by atoms with Crippen molar-refractivity contribution in [1.82, 2.24) is 15.1 Å². The lowest BCUT2D eigenvalue weighted by Gasteiger charge is -2.35. The molecule has 184 valence electrons. The molecule has 0 aliphatic carbocycles. The molecule has 1 N–H and O–H groups in total. The molecular weight excluding hydrogens is 457 g/mol. The SMILES string of the molecule is CC(=O)N1CCC(C(=O)N[C@@H]2CCN3C(=O)N(c4ccc(OC(F)(F)F)cc4)C(=O)[C@@H]3C2)CC1. The number of nitrogens with one attached hydrogen (secondary N) is 1. The number of anilines is 1. The van der Waals surface area contributed by atoms with Gasteiger partial charge in [-0.3, -0.25) is 14.4 Å². The molecular formula is C22H25F3N4O5. The fourth-order valence-corrected chi connectivity index (χ4v) is 4.74. The van der Waals surface area contributed by atoms with Crippen molar-refractivity contribution in [3.63, 3.8) is 0 Å². The molecule has 0 spiro atoms. The highest BCUT2D eigenvalue weighted by molar-refractivity contribution is 6.21. The lowest BCUT2D eigenvalue weighted by molar-refractivity contribution is -0.274. The van der Waals surface area contributed by atoms with Gasteiger partial charge in [0.05, 0.1) is 5.69 Å². The number of likely N-dealkylation sites (tertiary alicyclic amines) is 1. The van der Waals surface area contributed by atoms with Gasteiger partial charge in [0.25, 0.3) is 5.91 Å². The second-order valence-electron chi connectivity index (χ2n) is 8.72. The van der Waals surface area contributed by atoms with Gasteiger partial charge >= 0.3 is 12.4 Å². The largest absolute Gasteiger partial charge is 0.573 e. The van der Waals surface area contributed by atoms with Crippen LogP contribution in [0.4, 0.5) is 23.7 Å². The molecule has 1 aromatic carbocycles. The Hall–Kier alpha value is -3.31. The highest BCUT2D eigenvalue weighted by Crippen LogP contribution is 2.33. The Labute approximate surface area is 193 Å². The lowest BCUT2D eigenvalue weighted by atomic mass is 9.93. The molecule has 0 bridgehead atoms. The predicted molar refractivity (Wildman–Crippen MR) is 113 cm³/mol. The zero-order valence-electron chi connectivity index (χ0n) is 18.5. The number of benzene rings is 1. The first-order chi connectivity index (χ1) is 16.0. The summed E-state index contributed by atoms with van der Waals surface area (Å²) in [5, 5.41) is 2.99. The van der Waals surface area contributed by atoms with Crippen molar-refractivity contribution in [2.75, 3.05) is 24.5 Å². The van der Waals surface area contributed by atoms with E-state index in [4.69, 9.17) is 0 Å². The number of alkyl halides is 3. The maximum atomic E-state index is 13.0. The number of hydrogen-bond donors (Lipinski definition) is 1. The highest BCUT2D eigenvalue weighted by atomic mass is 19.4. The summed E-state index contributed by atoms with van der Waals surface area (Å²) in [6.07, 6.45) is -2.95. The van der Waals surface area contributed by atoms with E-state index in [2.05, 4.69) is 10.1 Å². The van der Waals surface area contributed by atoms with Crippen LogP contribution in [0.5, 0.6) is 5.75 Å². The molecule has 3 aliphatic heterocycles. The third-order valence-corrected chi connectivity index (χ3v) is 6.53. The van der Waals surface area contributed by atoms with Crippen molar-refractivity contribution in [3.8, 4) is 5.75 Å². The minimum absolute atomic E-state index is 0.0114. The van der Waals surface area contributed by atoms with Gasteiger partial charge < -0.3 is 19.9 Å². The first-order valence-electron chi connectivity index (χ1n) is 11.1. The quantitative estimate of drug-likeness (QED) is 0.664. The molecule has 0 unspecified atom stereocenters. The average Bonchev–Trinajstić information content (AvgIpc) is 3.03. The van der Waals surface area contributed by atoms with Gasteiger partial charge in [-0.15, -0.1) is 13.2 Å². The van der Waals surface area contributed by atoms with Gasteiger partial charge in [0, 0.05) is 38.5 Å². The van der Waals surface area contributed by atoms with E-state index in [1.54, 1.807) is 4.90 Å². The summed E-state index contributed by atoms with van der Waals surface area (Å²) in [6.45, 7) is 2.84. The first-order valence-corrected chi connectivity index (χ1v) is 11.1. The van der Waals surface area contributed by atoms with Gasteiger partial charge in [0.1, 0.15) is 11.8 Å². The molecule has 2 atom stereocenters. The van der Waals surface area contributed by atoms with Crippen molar-refractivity contribution in [3.05, 3.63) is 24.3 Å². The van der Waals surface area contributed by atoms with Crippen molar-refractivity contribution >= 4 is 29.4 Å². The van der Waals surface area contributed by atoms with Crippen LogP contribution in [-0.2, 0) is 14.4 Å². The summed E-state index contributed by atoms with van der Waals surface area (Å²) >= 11 is 0. The summed E-state index contributed by atoms with van der Waals surface area (Å²) in [5.74, 6) is -1.27. The fraction of sp³-hybridized carbons (Fsp3) is 0.545. The van der Waals surface area contributed by atoms with Gasteiger partial charge in [0.15, 0.2) is 0 Å². The van der Waals surface area contributed by atoms with Crippen molar-refractivity contribution in [2.45, 2.75) is 51.1 Å². The van der Waals surface area contributed by atoms with Crippen LogP contribution in [0.3, 0.4) is 0 Å². The van der Waals surface area contributed by atoms with Crippen LogP contribution in [0.2, 0.25) is 0 Å². The number of nitrogens with zero attached hydrogens (tertiary/aromatic N) is 3. The van der Waals surface area contributed by atoms with Crippen LogP contribution >= 0.6 is 0 Å². The predicted octanol–water partition coefficient (Wildman–Crippen LogP) is 2.26. The van der Waals surface area contributed by atoms with Crippen molar-refractivity contribution < 1.29 is 37.1 Å². The molecule has 0 radical (unpaired) electrons. The molecule has 9 nitrogen and oxygen atoms in total. The number of halogens is 3. The number of hydrogen-bond acceptors (Lipinski definition) is 5. The maximum Gasteiger partial charge on any atom is 0.573 e. The number of urea groups is 1. The van der Waals surface area contributed by atoms with E-state index < -0.39 is 30.1 Å². The molecule has 3 saturated heterocycles. The van der Waals surface area contributed by atoms with E-state index in [0.717, 1.165) is 17.0 Å². The average molecular weight is 482 g/mol. The third kappa shape index (κ3) is 4.95. The normalized spacial score (nSPS) is 23.7. The number of carbonyl (C=O) groups excluding carboxylic acids is 4. The Balaban J connectivity index is 1.36. The van der Waals surface area contributed by atoms with Gasteiger partial charge in [-0.25, -0.2) is 9.69 Å². The smallest absolute Gasteiger partial charge is 0.406 e. The Bertz CT molecular complexity index is 976. The topological polar surface area (TPSA) is 99.3 Å². The number of imide groups is 1. The van der Waals surface area contributed by atoms with Crippen LogP contribution in [0.25, 0.3) is 0 Å². The molecule has 3 aliphatic rings. The second-order valence-corrected chi connectivity index (χ2v) is 8.72. The first kappa shape index (κ1) is 23.8. The highest BCUT2D eigenvalue weighted by Gasteiger charge is 2.49. The van der Waals surface area contributed by atoms with Crippen LogP contribution in [0.1, 0.15) is 32.6 Å². The monoisotopic (exact) mass is 482 g/mol. The third-order valence-electron chi connectivity index (χ3n) is 6.53. The molecule has 4 rings (SSSR count). The Kier molecular flexibility index (Phi) is 6.41. The van der Waals surface area contributed by atoms with Crippen LogP contribution < -0.4 is 15.0 Å². The molecule has 3 fully saturated rings. The summed E-state index contributed by atoms with van der Waals surface area (Å²) < 4.78 is 40.9. The van der Waals surface area contributed by atoms with Crippen LogP contribution in [-0.4, -0.2) is 71.6 Å². The second kappa shape index (κ2) is 9.15. The number of piperidine rings is 2. The number of fused-ring (bicyclic) bond motifs is 1. The van der Waals surface area contributed by atoms with E-state index in [0.29, 0.717) is 32.4 Å².